The van der Waals surface area contributed by atoms with Crippen LogP contribution in [0.1, 0.15) is 5.69 Å². The number of hydrogen-bond acceptors (Lipinski definition) is 4. The number of ether oxygens (including phenoxy) is 1. The van der Waals surface area contributed by atoms with Gasteiger partial charge < -0.3 is 4.74 Å². The van der Waals surface area contributed by atoms with E-state index in [2.05, 4.69) is 9.72 Å². The fourth-order valence-electron chi connectivity index (χ4n) is 0.876. The third-order valence-corrected chi connectivity index (χ3v) is 1.52. The molecule has 0 aromatic carbocycles. The lowest BCUT2D eigenvalue weighted by molar-refractivity contribution is -0.385. The molecular weight excluding hydrogens is 179 g/mol. The van der Waals surface area contributed by atoms with Crippen molar-refractivity contribution in [1.82, 2.24) is 4.98 Å². The molecular formula is C7H7FN2O3. The predicted molar refractivity (Wildman–Crippen MR) is 42.1 cm³/mol. The first-order chi connectivity index (χ1) is 6.06. The molecule has 0 radical (unpaired) electrons. The molecule has 0 bridgehead atoms. The van der Waals surface area contributed by atoms with Crippen LogP contribution in [0, 0.1) is 23.0 Å². The molecule has 0 aliphatic rings. The van der Waals surface area contributed by atoms with Crippen molar-refractivity contribution in [2.24, 2.45) is 0 Å². The molecule has 0 saturated carbocycles. The number of pyridine rings is 1. The van der Waals surface area contributed by atoms with Crippen LogP contribution in [0.3, 0.4) is 0 Å². The van der Waals surface area contributed by atoms with Crippen LogP contribution in [0.2, 0.25) is 0 Å². The Labute approximate surface area is 73.3 Å². The zero-order valence-electron chi connectivity index (χ0n) is 7.07. The van der Waals surface area contributed by atoms with Gasteiger partial charge in [0.1, 0.15) is 5.69 Å². The van der Waals surface area contributed by atoms with Crippen LogP contribution in [0.25, 0.3) is 0 Å². The Balaban J connectivity index is 3.30. The molecule has 1 heterocycles. The molecule has 0 N–H and O–H groups in total. The highest BCUT2D eigenvalue weighted by atomic mass is 19.1. The maximum atomic E-state index is 12.8. The summed E-state index contributed by atoms with van der Waals surface area (Å²) in [6, 6.07) is 1.01. The minimum absolute atomic E-state index is 0.0308. The first kappa shape index (κ1) is 9.37. The van der Waals surface area contributed by atoms with Crippen LogP contribution in [0.15, 0.2) is 6.07 Å². The third-order valence-electron chi connectivity index (χ3n) is 1.52. The maximum absolute atomic E-state index is 12.8. The molecule has 5 nitrogen and oxygen atoms in total. The first-order valence-corrected chi connectivity index (χ1v) is 3.41. The lowest BCUT2D eigenvalue weighted by Gasteiger charge is -2.01. The molecule has 0 spiro atoms. The van der Waals surface area contributed by atoms with E-state index in [0.29, 0.717) is 0 Å². The van der Waals surface area contributed by atoms with Crippen molar-refractivity contribution in [3.05, 3.63) is 27.8 Å². The lowest BCUT2D eigenvalue weighted by atomic mass is 10.3. The van der Waals surface area contributed by atoms with E-state index in [1.165, 1.54) is 14.0 Å². The molecule has 13 heavy (non-hydrogen) atoms. The molecule has 6 heteroatoms. The number of aromatic nitrogens is 1. The average molecular weight is 186 g/mol. The second kappa shape index (κ2) is 3.34. The van der Waals surface area contributed by atoms with Crippen LogP contribution in [0.4, 0.5) is 10.1 Å². The Morgan fingerprint density at radius 2 is 2.31 bits per heavy atom. The average Bonchev–Trinajstić information content (AvgIpc) is 2.03. The van der Waals surface area contributed by atoms with Crippen molar-refractivity contribution in [1.29, 1.82) is 0 Å². The topological polar surface area (TPSA) is 65.3 Å². The molecule has 0 atom stereocenters. The Morgan fingerprint density at radius 1 is 1.69 bits per heavy atom. The fraction of sp³-hybridized carbons (Fsp3) is 0.286. The Hall–Kier alpha value is -1.72. The van der Waals surface area contributed by atoms with Crippen molar-refractivity contribution < 1.29 is 14.1 Å². The highest BCUT2D eigenvalue weighted by Gasteiger charge is 2.17. The number of rotatable bonds is 2. The molecule has 0 fully saturated rings. The standard InChI is InChI=1S/C7H7FN2O3/c1-4-5(10(11)12)3-6(13-2)7(8)9-4/h3H,1-2H3. The SMILES string of the molecule is COc1cc([N+](=O)[O-])c(C)nc1F. The van der Waals surface area contributed by atoms with Crippen LogP contribution in [-0.4, -0.2) is 17.0 Å². The van der Waals surface area contributed by atoms with Crippen LogP contribution < -0.4 is 4.74 Å². The minimum Gasteiger partial charge on any atom is -0.492 e. The van der Waals surface area contributed by atoms with E-state index in [1.54, 1.807) is 0 Å². The summed E-state index contributed by atoms with van der Waals surface area (Å²) in [5.74, 6) is -1.07. The maximum Gasteiger partial charge on any atom is 0.294 e. The summed E-state index contributed by atoms with van der Waals surface area (Å²) in [5, 5.41) is 10.4. The van der Waals surface area contributed by atoms with Gasteiger partial charge in [-0.3, -0.25) is 10.1 Å². The van der Waals surface area contributed by atoms with E-state index in [-0.39, 0.29) is 17.1 Å². The van der Waals surface area contributed by atoms with E-state index >= 15 is 0 Å². The van der Waals surface area contributed by atoms with E-state index in [1.807, 2.05) is 0 Å². The Kier molecular flexibility index (Phi) is 2.41. The van der Waals surface area contributed by atoms with Gasteiger partial charge in [-0.2, -0.15) is 4.39 Å². The highest BCUT2D eigenvalue weighted by Crippen LogP contribution is 2.23. The first-order valence-electron chi connectivity index (χ1n) is 3.41. The minimum atomic E-state index is -0.842. The van der Waals surface area contributed by atoms with Gasteiger partial charge in [0.15, 0.2) is 5.75 Å². The van der Waals surface area contributed by atoms with Gasteiger partial charge in [0.25, 0.3) is 11.6 Å². The van der Waals surface area contributed by atoms with Crippen molar-refractivity contribution in [3.63, 3.8) is 0 Å². The summed E-state index contributed by atoms with van der Waals surface area (Å²) >= 11 is 0. The molecule has 0 aliphatic heterocycles. The van der Waals surface area contributed by atoms with Gasteiger partial charge in [-0.1, -0.05) is 0 Å². The van der Waals surface area contributed by atoms with Gasteiger partial charge in [0.2, 0.25) is 0 Å². The van der Waals surface area contributed by atoms with Crippen LogP contribution in [-0.2, 0) is 0 Å². The molecule has 0 saturated heterocycles. The van der Waals surface area contributed by atoms with Gasteiger partial charge >= 0.3 is 0 Å². The van der Waals surface area contributed by atoms with Gasteiger partial charge in [-0.15, -0.1) is 0 Å². The summed E-state index contributed by atoms with van der Waals surface area (Å²) in [7, 11) is 1.22. The normalized spacial score (nSPS) is 9.77. The summed E-state index contributed by atoms with van der Waals surface area (Å²) in [4.78, 5) is 13.1. The second-order valence-electron chi connectivity index (χ2n) is 2.34. The smallest absolute Gasteiger partial charge is 0.294 e. The molecule has 0 aliphatic carbocycles. The third kappa shape index (κ3) is 1.71. The number of nitrogens with zero attached hydrogens (tertiary/aromatic N) is 2. The monoisotopic (exact) mass is 186 g/mol. The lowest BCUT2D eigenvalue weighted by Crippen LogP contribution is -1.99. The van der Waals surface area contributed by atoms with Crippen LogP contribution >= 0.6 is 0 Å². The summed E-state index contributed by atoms with van der Waals surface area (Å²) in [6.07, 6.45) is 0. The Morgan fingerprint density at radius 3 is 2.77 bits per heavy atom. The summed E-state index contributed by atoms with van der Waals surface area (Å²) in [5.41, 5.74) is -0.221. The van der Waals surface area contributed by atoms with Crippen molar-refractivity contribution in [2.45, 2.75) is 6.92 Å². The molecule has 1 aromatic rings. The number of hydrogen-bond donors (Lipinski definition) is 0. The molecule has 70 valence electrons. The highest BCUT2D eigenvalue weighted by molar-refractivity contribution is 5.40. The number of aryl methyl sites for hydroxylation is 1. The van der Waals surface area contributed by atoms with Crippen molar-refractivity contribution in [2.75, 3.05) is 7.11 Å². The zero-order valence-corrected chi connectivity index (χ0v) is 7.07. The number of halogens is 1. The van der Waals surface area contributed by atoms with Gasteiger partial charge in [0.05, 0.1) is 18.1 Å². The van der Waals surface area contributed by atoms with E-state index in [0.717, 1.165) is 6.07 Å². The second-order valence-corrected chi connectivity index (χ2v) is 2.34. The summed E-state index contributed by atoms with van der Waals surface area (Å²) < 4.78 is 17.4. The zero-order chi connectivity index (χ0) is 10.0. The van der Waals surface area contributed by atoms with E-state index in [9.17, 15) is 14.5 Å². The summed E-state index contributed by atoms with van der Waals surface area (Å²) in [6.45, 7) is 1.36. The van der Waals surface area contributed by atoms with E-state index < -0.39 is 10.9 Å². The van der Waals surface area contributed by atoms with Crippen molar-refractivity contribution >= 4 is 5.69 Å². The van der Waals surface area contributed by atoms with Gasteiger partial charge in [-0.25, -0.2) is 4.98 Å². The van der Waals surface area contributed by atoms with Gasteiger partial charge in [-0.05, 0) is 6.92 Å². The van der Waals surface area contributed by atoms with Crippen LogP contribution in [0.5, 0.6) is 5.75 Å². The predicted octanol–water partition coefficient (Wildman–Crippen LogP) is 1.45. The van der Waals surface area contributed by atoms with Gasteiger partial charge in [0, 0.05) is 0 Å². The Bertz CT molecular complexity index is 354. The quantitative estimate of drug-likeness (QED) is 0.398. The number of methoxy groups -OCH3 is 1. The molecule has 1 rings (SSSR count). The molecule has 0 amide bonds. The van der Waals surface area contributed by atoms with Crippen molar-refractivity contribution in [3.8, 4) is 5.75 Å². The largest absolute Gasteiger partial charge is 0.492 e. The van der Waals surface area contributed by atoms with E-state index in [4.69, 9.17) is 0 Å². The number of nitro groups is 1. The molecule has 0 unspecified atom stereocenters. The molecule has 1 aromatic heterocycles. The fourth-order valence-corrected chi connectivity index (χ4v) is 0.876.